The standard InChI is InChI=1S/C24H28N2O5/c1-6-30-23(27)21-19(14-31-20-12-7-9-15(2)16(20)3)26(4)24(28)25-22(21)17-10-8-11-18(13-17)29-5/h7-13,22H,6,14H2,1-5H3,(H,25,28)/t22-/m0/s1. The number of methoxy groups -OCH3 is 1. The van der Waals surface area contributed by atoms with E-state index in [1.54, 1.807) is 33.2 Å². The molecule has 164 valence electrons. The number of esters is 1. The number of hydrogen-bond donors (Lipinski definition) is 1. The molecule has 0 saturated carbocycles. The lowest BCUT2D eigenvalue weighted by Crippen LogP contribution is -2.48. The Balaban J connectivity index is 2.06. The number of amides is 2. The SMILES string of the molecule is CCOC(=O)C1=C(COc2cccc(C)c2C)N(C)C(=O)N[C@H]1c1cccc(OC)c1. The molecule has 2 aromatic rings. The molecule has 31 heavy (non-hydrogen) atoms. The molecule has 0 unspecified atom stereocenters. The van der Waals surface area contributed by atoms with Crippen LogP contribution in [0.4, 0.5) is 4.79 Å². The van der Waals surface area contributed by atoms with Crippen LogP contribution in [0.3, 0.4) is 0 Å². The number of carbonyl (C=O) groups is 2. The maximum Gasteiger partial charge on any atom is 0.338 e. The van der Waals surface area contributed by atoms with E-state index in [2.05, 4.69) is 5.32 Å². The second kappa shape index (κ2) is 9.55. The molecule has 7 heteroatoms. The molecule has 2 amide bonds. The van der Waals surface area contributed by atoms with E-state index in [9.17, 15) is 9.59 Å². The van der Waals surface area contributed by atoms with E-state index in [0.29, 0.717) is 28.3 Å². The maximum atomic E-state index is 13.0. The summed E-state index contributed by atoms with van der Waals surface area (Å²) in [7, 11) is 3.18. The van der Waals surface area contributed by atoms with Crippen LogP contribution in [-0.2, 0) is 9.53 Å². The Morgan fingerprint density at radius 1 is 1.16 bits per heavy atom. The number of aryl methyl sites for hydroxylation is 1. The van der Waals surface area contributed by atoms with E-state index in [-0.39, 0.29) is 19.2 Å². The molecule has 3 rings (SSSR count). The van der Waals surface area contributed by atoms with Crippen molar-refractivity contribution in [1.29, 1.82) is 0 Å². The van der Waals surface area contributed by atoms with Gasteiger partial charge in [0.2, 0.25) is 0 Å². The minimum absolute atomic E-state index is 0.0445. The summed E-state index contributed by atoms with van der Waals surface area (Å²) in [6.07, 6.45) is 0. The predicted octanol–water partition coefficient (Wildman–Crippen LogP) is 3.90. The summed E-state index contributed by atoms with van der Waals surface area (Å²) in [5, 5.41) is 2.89. The Morgan fingerprint density at radius 3 is 2.61 bits per heavy atom. The molecule has 1 atom stereocenters. The third-order valence-corrected chi connectivity index (χ3v) is 5.42. The first-order chi connectivity index (χ1) is 14.9. The molecule has 0 saturated heterocycles. The Kier molecular flexibility index (Phi) is 6.84. The van der Waals surface area contributed by atoms with Crippen LogP contribution in [-0.4, -0.2) is 44.3 Å². The summed E-state index contributed by atoms with van der Waals surface area (Å²) in [6, 6.07) is 12.0. The van der Waals surface area contributed by atoms with Gasteiger partial charge in [0, 0.05) is 7.05 Å². The van der Waals surface area contributed by atoms with E-state index < -0.39 is 12.0 Å². The van der Waals surface area contributed by atoms with E-state index in [1.165, 1.54) is 4.90 Å². The minimum atomic E-state index is -0.685. The lowest BCUT2D eigenvalue weighted by Gasteiger charge is -2.34. The normalized spacial score (nSPS) is 16.1. The van der Waals surface area contributed by atoms with Crippen molar-refractivity contribution in [2.75, 3.05) is 27.4 Å². The highest BCUT2D eigenvalue weighted by Gasteiger charge is 2.37. The molecule has 0 radical (unpaired) electrons. The second-order valence-electron chi connectivity index (χ2n) is 7.29. The fourth-order valence-corrected chi connectivity index (χ4v) is 3.48. The molecular weight excluding hydrogens is 396 g/mol. The van der Waals surface area contributed by atoms with Gasteiger partial charge in [-0.2, -0.15) is 0 Å². The topological polar surface area (TPSA) is 77.1 Å². The third kappa shape index (κ3) is 4.66. The number of nitrogens with zero attached hydrogens (tertiary/aromatic N) is 1. The van der Waals surface area contributed by atoms with Crippen LogP contribution in [0.5, 0.6) is 11.5 Å². The zero-order chi connectivity index (χ0) is 22.5. The third-order valence-electron chi connectivity index (χ3n) is 5.42. The molecule has 0 spiro atoms. The first kappa shape index (κ1) is 22.2. The maximum absolute atomic E-state index is 13.0. The van der Waals surface area contributed by atoms with Crippen LogP contribution in [0.25, 0.3) is 0 Å². The van der Waals surface area contributed by atoms with Gasteiger partial charge in [-0.3, -0.25) is 4.90 Å². The summed E-state index contributed by atoms with van der Waals surface area (Å²) >= 11 is 0. The average molecular weight is 424 g/mol. The van der Waals surface area contributed by atoms with Crippen molar-refractivity contribution in [3.63, 3.8) is 0 Å². The quantitative estimate of drug-likeness (QED) is 0.682. The monoisotopic (exact) mass is 424 g/mol. The van der Waals surface area contributed by atoms with Gasteiger partial charge >= 0.3 is 12.0 Å². The number of rotatable bonds is 7. The van der Waals surface area contributed by atoms with Crippen molar-refractivity contribution in [3.05, 3.63) is 70.4 Å². The molecule has 0 aromatic heterocycles. The zero-order valence-corrected chi connectivity index (χ0v) is 18.5. The summed E-state index contributed by atoms with van der Waals surface area (Å²) in [5.74, 6) is 0.830. The first-order valence-corrected chi connectivity index (χ1v) is 10.1. The highest BCUT2D eigenvalue weighted by atomic mass is 16.5. The van der Waals surface area contributed by atoms with Crippen molar-refractivity contribution in [3.8, 4) is 11.5 Å². The van der Waals surface area contributed by atoms with E-state index in [1.807, 2.05) is 44.2 Å². The minimum Gasteiger partial charge on any atom is -0.497 e. The van der Waals surface area contributed by atoms with Crippen molar-refractivity contribution >= 4 is 12.0 Å². The van der Waals surface area contributed by atoms with Gasteiger partial charge in [0.05, 0.1) is 31.0 Å². The van der Waals surface area contributed by atoms with Gasteiger partial charge in [0.25, 0.3) is 0 Å². The fourth-order valence-electron chi connectivity index (χ4n) is 3.48. The lowest BCUT2D eigenvalue weighted by molar-refractivity contribution is -0.139. The Labute approximate surface area is 182 Å². The number of hydrogen-bond acceptors (Lipinski definition) is 5. The van der Waals surface area contributed by atoms with Crippen LogP contribution < -0.4 is 14.8 Å². The summed E-state index contributed by atoms with van der Waals surface area (Å²) < 4.78 is 16.7. The van der Waals surface area contributed by atoms with Gasteiger partial charge < -0.3 is 19.5 Å². The molecule has 7 nitrogen and oxygen atoms in total. The number of carbonyl (C=O) groups excluding carboxylic acids is 2. The molecule has 0 aliphatic carbocycles. The fraction of sp³-hybridized carbons (Fsp3) is 0.333. The predicted molar refractivity (Wildman–Crippen MR) is 117 cm³/mol. The van der Waals surface area contributed by atoms with Crippen LogP contribution in [0.2, 0.25) is 0 Å². The van der Waals surface area contributed by atoms with Crippen molar-refractivity contribution in [2.24, 2.45) is 0 Å². The van der Waals surface area contributed by atoms with Crippen LogP contribution in [0.15, 0.2) is 53.7 Å². The van der Waals surface area contributed by atoms with Gasteiger partial charge in [-0.1, -0.05) is 24.3 Å². The molecule has 0 fully saturated rings. The Bertz CT molecular complexity index is 1010. The smallest absolute Gasteiger partial charge is 0.338 e. The second-order valence-corrected chi connectivity index (χ2v) is 7.29. The summed E-state index contributed by atoms with van der Waals surface area (Å²) in [5.41, 5.74) is 3.61. The molecule has 0 bridgehead atoms. The van der Waals surface area contributed by atoms with Crippen LogP contribution in [0.1, 0.15) is 29.7 Å². The summed E-state index contributed by atoms with van der Waals surface area (Å²) in [4.78, 5) is 27.1. The number of benzene rings is 2. The van der Waals surface area contributed by atoms with Crippen LogP contribution >= 0.6 is 0 Å². The molecule has 1 heterocycles. The van der Waals surface area contributed by atoms with Crippen molar-refractivity contribution in [2.45, 2.75) is 26.8 Å². The van der Waals surface area contributed by atoms with Gasteiger partial charge in [-0.05, 0) is 55.7 Å². The number of likely N-dealkylation sites (N-methyl/N-ethyl adjacent to an activating group) is 1. The number of ether oxygens (including phenoxy) is 3. The molecule has 1 aliphatic rings. The Hall–Kier alpha value is -3.48. The first-order valence-electron chi connectivity index (χ1n) is 10.1. The molecule has 1 N–H and O–H groups in total. The van der Waals surface area contributed by atoms with Crippen LogP contribution in [0, 0.1) is 13.8 Å². The molecule has 2 aromatic carbocycles. The number of nitrogens with one attached hydrogen (secondary N) is 1. The van der Waals surface area contributed by atoms with Crippen molar-refractivity contribution in [1.82, 2.24) is 10.2 Å². The highest BCUT2D eigenvalue weighted by Crippen LogP contribution is 2.33. The highest BCUT2D eigenvalue weighted by molar-refractivity contribution is 5.95. The van der Waals surface area contributed by atoms with E-state index in [4.69, 9.17) is 14.2 Å². The van der Waals surface area contributed by atoms with Gasteiger partial charge in [0.15, 0.2) is 0 Å². The average Bonchev–Trinajstić information content (AvgIpc) is 2.77. The number of urea groups is 1. The van der Waals surface area contributed by atoms with Gasteiger partial charge in [0.1, 0.15) is 18.1 Å². The lowest BCUT2D eigenvalue weighted by atomic mass is 9.94. The van der Waals surface area contributed by atoms with E-state index >= 15 is 0 Å². The van der Waals surface area contributed by atoms with Gasteiger partial charge in [-0.25, -0.2) is 9.59 Å². The zero-order valence-electron chi connectivity index (χ0n) is 18.5. The van der Waals surface area contributed by atoms with E-state index in [0.717, 1.165) is 11.1 Å². The van der Waals surface area contributed by atoms with Gasteiger partial charge in [-0.15, -0.1) is 0 Å². The molecular formula is C24H28N2O5. The Morgan fingerprint density at radius 2 is 1.90 bits per heavy atom. The summed E-state index contributed by atoms with van der Waals surface area (Å²) in [6.45, 7) is 5.99. The van der Waals surface area contributed by atoms with Crippen molar-refractivity contribution < 1.29 is 23.8 Å². The largest absolute Gasteiger partial charge is 0.497 e. The molecule has 1 aliphatic heterocycles.